The maximum atomic E-state index is 11.7. The Morgan fingerprint density at radius 1 is 1.50 bits per heavy atom. The number of aliphatic hydroxyl groups is 1. The van der Waals surface area contributed by atoms with E-state index in [-0.39, 0.29) is 24.5 Å². The second kappa shape index (κ2) is 6.86. The molecular formula is C12H24N2O2. The highest BCUT2D eigenvalue weighted by molar-refractivity contribution is 5.81. The molecule has 3 unspecified atom stereocenters. The van der Waals surface area contributed by atoms with Gasteiger partial charge in [-0.3, -0.25) is 4.79 Å². The van der Waals surface area contributed by atoms with Crippen LogP contribution >= 0.6 is 0 Å². The second-order valence-corrected chi connectivity index (χ2v) is 4.74. The van der Waals surface area contributed by atoms with E-state index in [0.717, 1.165) is 38.5 Å². The quantitative estimate of drug-likeness (QED) is 0.651. The van der Waals surface area contributed by atoms with Gasteiger partial charge in [0.2, 0.25) is 5.91 Å². The molecular weight excluding hydrogens is 204 g/mol. The van der Waals surface area contributed by atoms with Crippen LogP contribution in [0.2, 0.25) is 0 Å². The van der Waals surface area contributed by atoms with Crippen LogP contribution in [0.15, 0.2) is 0 Å². The third-order valence-corrected chi connectivity index (χ3v) is 3.41. The first-order valence-corrected chi connectivity index (χ1v) is 6.35. The Morgan fingerprint density at radius 3 is 2.81 bits per heavy atom. The van der Waals surface area contributed by atoms with E-state index in [4.69, 9.17) is 5.73 Å². The maximum Gasteiger partial charge on any atom is 0.237 e. The zero-order valence-corrected chi connectivity index (χ0v) is 10.1. The normalized spacial score (nSPS) is 27.4. The van der Waals surface area contributed by atoms with Crippen LogP contribution in [-0.2, 0) is 4.79 Å². The lowest BCUT2D eigenvalue weighted by Gasteiger charge is -2.31. The summed E-state index contributed by atoms with van der Waals surface area (Å²) in [7, 11) is 0. The fourth-order valence-corrected chi connectivity index (χ4v) is 2.35. The molecule has 1 rings (SSSR count). The van der Waals surface area contributed by atoms with Gasteiger partial charge < -0.3 is 16.2 Å². The summed E-state index contributed by atoms with van der Waals surface area (Å²) in [5.74, 6) is 0.152. The Balaban J connectivity index is 2.41. The predicted molar refractivity (Wildman–Crippen MR) is 63.9 cm³/mol. The monoisotopic (exact) mass is 228 g/mol. The molecule has 1 aliphatic rings. The van der Waals surface area contributed by atoms with Gasteiger partial charge in [-0.15, -0.1) is 0 Å². The summed E-state index contributed by atoms with van der Waals surface area (Å²) in [5.41, 5.74) is 5.76. The van der Waals surface area contributed by atoms with Crippen LogP contribution in [0.3, 0.4) is 0 Å². The molecule has 0 aliphatic heterocycles. The molecule has 0 saturated heterocycles. The van der Waals surface area contributed by atoms with E-state index in [9.17, 15) is 9.90 Å². The first-order valence-electron chi connectivity index (χ1n) is 6.35. The van der Waals surface area contributed by atoms with Crippen LogP contribution in [0.5, 0.6) is 0 Å². The summed E-state index contributed by atoms with van der Waals surface area (Å²) in [5, 5.41) is 12.2. The number of nitrogens with two attached hydrogens (primary N) is 1. The van der Waals surface area contributed by atoms with Crippen molar-refractivity contribution in [2.75, 3.05) is 6.61 Å². The van der Waals surface area contributed by atoms with Crippen LogP contribution < -0.4 is 11.1 Å². The molecule has 4 N–H and O–H groups in total. The summed E-state index contributed by atoms with van der Waals surface area (Å²) in [6.07, 6.45) is 5.90. The standard InChI is InChI=1S/C12H24N2O2/c1-2-5-10(13)12(16)14-11-7-4-3-6-9(11)8-15/h9-11,15H,2-8,13H2,1H3,(H,14,16). The third-order valence-electron chi connectivity index (χ3n) is 3.41. The van der Waals surface area contributed by atoms with E-state index >= 15 is 0 Å². The molecule has 1 fully saturated rings. The molecule has 3 atom stereocenters. The van der Waals surface area contributed by atoms with E-state index in [1.54, 1.807) is 0 Å². The van der Waals surface area contributed by atoms with E-state index in [0.29, 0.717) is 0 Å². The summed E-state index contributed by atoms with van der Waals surface area (Å²) >= 11 is 0. The molecule has 0 aromatic carbocycles. The third kappa shape index (κ3) is 3.76. The van der Waals surface area contributed by atoms with E-state index in [1.807, 2.05) is 6.92 Å². The molecule has 0 spiro atoms. The minimum Gasteiger partial charge on any atom is -0.396 e. The second-order valence-electron chi connectivity index (χ2n) is 4.74. The molecule has 0 radical (unpaired) electrons. The number of aliphatic hydroxyl groups excluding tert-OH is 1. The van der Waals surface area contributed by atoms with Crippen molar-refractivity contribution in [2.24, 2.45) is 11.7 Å². The lowest BCUT2D eigenvalue weighted by Crippen LogP contribution is -2.49. The van der Waals surface area contributed by atoms with Crippen molar-refractivity contribution in [3.8, 4) is 0 Å². The van der Waals surface area contributed by atoms with Crippen LogP contribution in [-0.4, -0.2) is 29.7 Å². The summed E-state index contributed by atoms with van der Waals surface area (Å²) < 4.78 is 0. The maximum absolute atomic E-state index is 11.7. The van der Waals surface area contributed by atoms with Gasteiger partial charge >= 0.3 is 0 Å². The predicted octanol–water partition coefficient (Wildman–Crippen LogP) is 0.781. The number of carbonyl (C=O) groups is 1. The first-order chi connectivity index (χ1) is 7.69. The van der Waals surface area contributed by atoms with Crippen molar-refractivity contribution in [2.45, 2.75) is 57.5 Å². The minimum absolute atomic E-state index is 0.0628. The molecule has 16 heavy (non-hydrogen) atoms. The van der Waals surface area contributed by atoms with Gasteiger partial charge in [-0.05, 0) is 19.3 Å². The van der Waals surface area contributed by atoms with Gasteiger partial charge in [-0.2, -0.15) is 0 Å². The molecule has 0 aromatic rings. The molecule has 94 valence electrons. The van der Waals surface area contributed by atoms with Crippen LogP contribution in [0.4, 0.5) is 0 Å². The smallest absolute Gasteiger partial charge is 0.237 e. The Morgan fingerprint density at radius 2 is 2.19 bits per heavy atom. The fraction of sp³-hybridized carbons (Fsp3) is 0.917. The molecule has 0 bridgehead atoms. The van der Waals surface area contributed by atoms with Crippen LogP contribution in [0.1, 0.15) is 45.4 Å². The fourth-order valence-electron chi connectivity index (χ4n) is 2.35. The van der Waals surface area contributed by atoms with Gasteiger partial charge in [0, 0.05) is 18.6 Å². The average molecular weight is 228 g/mol. The van der Waals surface area contributed by atoms with Gasteiger partial charge in [-0.25, -0.2) is 0 Å². The summed E-state index contributed by atoms with van der Waals surface area (Å²) in [4.78, 5) is 11.7. The molecule has 4 nitrogen and oxygen atoms in total. The number of rotatable bonds is 5. The summed E-state index contributed by atoms with van der Waals surface area (Å²) in [6, 6.07) is -0.277. The van der Waals surface area contributed by atoms with Gasteiger partial charge in [-0.1, -0.05) is 26.2 Å². The highest BCUT2D eigenvalue weighted by atomic mass is 16.3. The van der Waals surface area contributed by atoms with Gasteiger partial charge in [0.1, 0.15) is 0 Å². The number of nitrogens with one attached hydrogen (secondary N) is 1. The number of hydrogen-bond acceptors (Lipinski definition) is 3. The van der Waals surface area contributed by atoms with E-state index in [2.05, 4.69) is 5.32 Å². The SMILES string of the molecule is CCCC(N)C(=O)NC1CCCCC1CO. The molecule has 1 aliphatic carbocycles. The van der Waals surface area contributed by atoms with Crippen molar-refractivity contribution in [1.82, 2.24) is 5.32 Å². The zero-order chi connectivity index (χ0) is 12.0. The van der Waals surface area contributed by atoms with Gasteiger partial charge in [0.25, 0.3) is 0 Å². The van der Waals surface area contributed by atoms with Crippen LogP contribution in [0.25, 0.3) is 0 Å². The topological polar surface area (TPSA) is 75.4 Å². The number of carbonyl (C=O) groups excluding carboxylic acids is 1. The highest BCUT2D eigenvalue weighted by Gasteiger charge is 2.27. The molecule has 4 heteroatoms. The number of hydrogen-bond donors (Lipinski definition) is 3. The van der Waals surface area contributed by atoms with Gasteiger partial charge in [0.05, 0.1) is 6.04 Å². The van der Waals surface area contributed by atoms with Crippen molar-refractivity contribution in [1.29, 1.82) is 0 Å². The van der Waals surface area contributed by atoms with Crippen molar-refractivity contribution in [3.05, 3.63) is 0 Å². The first kappa shape index (κ1) is 13.5. The molecule has 0 aromatic heterocycles. The van der Waals surface area contributed by atoms with Crippen molar-refractivity contribution in [3.63, 3.8) is 0 Å². The molecule has 1 amide bonds. The van der Waals surface area contributed by atoms with E-state index < -0.39 is 6.04 Å². The average Bonchev–Trinajstić information content (AvgIpc) is 2.30. The zero-order valence-electron chi connectivity index (χ0n) is 10.1. The summed E-state index contributed by atoms with van der Waals surface area (Å²) in [6.45, 7) is 2.18. The van der Waals surface area contributed by atoms with Crippen molar-refractivity contribution >= 4 is 5.91 Å². The molecule has 0 heterocycles. The number of amides is 1. The lowest BCUT2D eigenvalue weighted by molar-refractivity contribution is -0.124. The lowest BCUT2D eigenvalue weighted by atomic mass is 9.85. The highest BCUT2D eigenvalue weighted by Crippen LogP contribution is 2.23. The Kier molecular flexibility index (Phi) is 5.77. The Hall–Kier alpha value is -0.610. The van der Waals surface area contributed by atoms with Gasteiger partial charge in [0.15, 0.2) is 0 Å². The van der Waals surface area contributed by atoms with E-state index in [1.165, 1.54) is 0 Å². The van der Waals surface area contributed by atoms with Crippen molar-refractivity contribution < 1.29 is 9.90 Å². The Labute approximate surface area is 97.6 Å². The molecule has 1 saturated carbocycles. The largest absolute Gasteiger partial charge is 0.396 e. The minimum atomic E-state index is -0.397. The van der Waals surface area contributed by atoms with Crippen LogP contribution in [0, 0.1) is 5.92 Å². The Bertz CT molecular complexity index is 221.